The van der Waals surface area contributed by atoms with E-state index in [-0.39, 0.29) is 22.9 Å². The number of nitrogens with zero attached hydrogens (tertiary/aromatic N) is 4. The zero-order valence-corrected chi connectivity index (χ0v) is 22.0. The van der Waals surface area contributed by atoms with Gasteiger partial charge in [-0.3, -0.25) is 9.59 Å². The van der Waals surface area contributed by atoms with Crippen LogP contribution >= 0.6 is 0 Å². The quantitative estimate of drug-likeness (QED) is 0.623. The first kappa shape index (κ1) is 26.6. The van der Waals surface area contributed by atoms with Gasteiger partial charge in [0.25, 0.3) is 0 Å². The molecule has 0 atom stereocenters. The fourth-order valence-electron chi connectivity index (χ4n) is 5.37. The molecule has 0 bridgehead atoms. The second kappa shape index (κ2) is 11.1. The third kappa shape index (κ3) is 6.55. The van der Waals surface area contributed by atoms with Gasteiger partial charge in [0.2, 0.25) is 11.8 Å². The van der Waals surface area contributed by atoms with Gasteiger partial charge in [0.1, 0.15) is 0 Å². The normalized spacial score (nSPS) is 24.2. The van der Waals surface area contributed by atoms with Gasteiger partial charge in [0, 0.05) is 48.7 Å². The van der Waals surface area contributed by atoms with E-state index in [9.17, 15) is 9.59 Å². The number of amides is 2. The van der Waals surface area contributed by atoms with Crippen LogP contribution in [0.5, 0.6) is 0 Å². The minimum absolute atomic E-state index is 0.0685. The molecule has 0 spiro atoms. The summed E-state index contributed by atoms with van der Waals surface area (Å²) in [5.41, 5.74) is 2.39. The van der Waals surface area contributed by atoms with Crippen LogP contribution < -0.4 is 0 Å². The number of likely N-dealkylation sites (tertiary alicyclic amines) is 3. The molecule has 4 heterocycles. The summed E-state index contributed by atoms with van der Waals surface area (Å²) in [4.78, 5) is 32.7. The van der Waals surface area contributed by atoms with Crippen molar-refractivity contribution in [1.82, 2.24) is 19.6 Å². The van der Waals surface area contributed by atoms with Crippen LogP contribution in [0.3, 0.4) is 0 Å². The molecular formula is C27H46N4O3. The molecule has 4 saturated heterocycles. The number of carbonyl (C=O) groups is 2. The van der Waals surface area contributed by atoms with E-state index in [1.54, 1.807) is 0 Å². The van der Waals surface area contributed by atoms with Crippen LogP contribution in [0.15, 0.2) is 24.6 Å². The highest BCUT2D eigenvalue weighted by Crippen LogP contribution is 2.35. The SMILES string of the molecule is C=C1CCC(C)(C)N1CC(=O)N1CCCCC1.C=C1CCC(C)(C)N1CC(=O)N1CCOCC1. The van der Waals surface area contributed by atoms with E-state index >= 15 is 0 Å². The van der Waals surface area contributed by atoms with Crippen molar-refractivity contribution >= 4 is 11.8 Å². The number of hydrogen-bond donors (Lipinski definition) is 0. The minimum atomic E-state index is 0.0685. The molecule has 34 heavy (non-hydrogen) atoms. The summed E-state index contributed by atoms with van der Waals surface area (Å²) in [6.07, 6.45) is 7.82. The molecule has 4 aliphatic rings. The second-order valence-electron chi connectivity index (χ2n) is 11.4. The third-order valence-electron chi connectivity index (χ3n) is 7.93. The number of allylic oxidation sites excluding steroid dienone is 2. The van der Waals surface area contributed by atoms with Gasteiger partial charge in [-0.2, -0.15) is 0 Å². The van der Waals surface area contributed by atoms with Gasteiger partial charge in [-0.15, -0.1) is 0 Å². The van der Waals surface area contributed by atoms with Crippen LogP contribution in [0, 0.1) is 0 Å². The molecule has 0 saturated carbocycles. The maximum absolute atomic E-state index is 12.2. The van der Waals surface area contributed by atoms with Crippen molar-refractivity contribution in [3.8, 4) is 0 Å². The van der Waals surface area contributed by atoms with Crippen molar-refractivity contribution in [2.75, 3.05) is 52.5 Å². The van der Waals surface area contributed by atoms with Crippen molar-refractivity contribution in [2.45, 2.75) is 83.7 Å². The summed E-state index contributed by atoms with van der Waals surface area (Å²) < 4.78 is 5.26. The average Bonchev–Trinajstić information content (AvgIpc) is 3.23. The Kier molecular flexibility index (Phi) is 8.72. The molecule has 0 aliphatic carbocycles. The van der Waals surface area contributed by atoms with Crippen LogP contribution in [0.2, 0.25) is 0 Å². The maximum Gasteiger partial charge on any atom is 0.242 e. The molecule has 0 aromatic carbocycles. The lowest BCUT2D eigenvalue weighted by Gasteiger charge is -2.36. The van der Waals surface area contributed by atoms with Gasteiger partial charge < -0.3 is 24.3 Å². The van der Waals surface area contributed by atoms with Crippen LogP contribution in [-0.4, -0.2) is 95.0 Å². The van der Waals surface area contributed by atoms with Gasteiger partial charge in [0.05, 0.1) is 26.3 Å². The van der Waals surface area contributed by atoms with E-state index in [0.717, 1.165) is 76.1 Å². The lowest BCUT2D eigenvalue weighted by molar-refractivity contribution is -0.137. The Morgan fingerprint density at radius 3 is 1.53 bits per heavy atom. The molecule has 0 aromatic heterocycles. The number of carbonyl (C=O) groups excluding carboxylic acids is 2. The molecule has 0 N–H and O–H groups in total. The van der Waals surface area contributed by atoms with Crippen molar-refractivity contribution in [1.29, 1.82) is 0 Å². The smallest absolute Gasteiger partial charge is 0.242 e. The number of ether oxygens (including phenoxy) is 1. The Morgan fingerprint density at radius 2 is 1.15 bits per heavy atom. The summed E-state index contributed by atoms with van der Waals surface area (Å²) in [7, 11) is 0. The van der Waals surface area contributed by atoms with Crippen molar-refractivity contribution in [3.05, 3.63) is 24.6 Å². The van der Waals surface area contributed by atoms with Crippen molar-refractivity contribution < 1.29 is 14.3 Å². The van der Waals surface area contributed by atoms with Crippen LogP contribution in [0.25, 0.3) is 0 Å². The number of hydrogen-bond acceptors (Lipinski definition) is 5. The summed E-state index contributed by atoms with van der Waals surface area (Å²) >= 11 is 0. The van der Waals surface area contributed by atoms with Gasteiger partial charge in [-0.05, 0) is 72.6 Å². The van der Waals surface area contributed by atoms with Crippen molar-refractivity contribution in [3.63, 3.8) is 0 Å². The van der Waals surface area contributed by atoms with Gasteiger partial charge in [0.15, 0.2) is 0 Å². The van der Waals surface area contributed by atoms with Gasteiger partial charge >= 0.3 is 0 Å². The van der Waals surface area contributed by atoms with E-state index in [0.29, 0.717) is 26.3 Å². The Labute approximate surface area is 206 Å². The Bertz CT molecular complexity index is 700. The predicted octanol–water partition coefficient (Wildman–Crippen LogP) is 3.62. The first-order chi connectivity index (χ1) is 16.0. The zero-order chi connectivity index (χ0) is 24.9. The van der Waals surface area contributed by atoms with Gasteiger partial charge in [-0.25, -0.2) is 0 Å². The third-order valence-corrected chi connectivity index (χ3v) is 7.93. The van der Waals surface area contributed by atoms with Crippen LogP contribution in [0.1, 0.15) is 72.6 Å². The average molecular weight is 475 g/mol. The summed E-state index contributed by atoms with van der Waals surface area (Å²) in [5, 5.41) is 0. The molecule has 4 rings (SSSR count). The first-order valence-corrected chi connectivity index (χ1v) is 13.1. The molecule has 0 unspecified atom stereocenters. The van der Waals surface area contributed by atoms with Crippen LogP contribution in [-0.2, 0) is 14.3 Å². The highest BCUT2D eigenvalue weighted by molar-refractivity contribution is 5.79. The molecule has 4 aliphatic heterocycles. The lowest BCUT2D eigenvalue weighted by Crippen LogP contribution is -2.48. The Balaban J connectivity index is 0.000000191. The predicted molar refractivity (Wildman–Crippen MR) is 136 cm³/mol. The molecule has 192 valence electrons. The first-order valence-electron chi connectivity index (χ1n) is 13.1. The summed E-state index contributed by atoms with van der Waals surface area (Å²) in [6.45, 7) is 22.5. The Hall–Kier alpha value is -2.02. The van der Waals surface area contributed by atoms with Crippen LogP contribution in [0.4, 0.5) is 0 Å². The summed E-state index contributed by atoms with van der Waals surface area (Å²) in [6, 6.07) is 0. The molecular weight excluding hydrogens is 428 g/mol. The highest BCUT2D eigenvalue weighted by atomic mass is 16.5. The number of morpholine rings is 1. The molecule has 7 heteroatoms. The summed E-state index contributed by atoms with van der Waals surface area (Å²) in [5.74, 6) is 0.477. The maximum atomic E-state index is 12.2. The topological polar surface area (TPSA) is 56.3 Å². The van der Waals surface area contributed by atoms with Gasteiger partial charge in [-0.1, -0.05) is 13.2 Å². The standard InChI is InChI=1S/C14H24N2O.C13H22N2O2/c1-12-7-8-14(2,3)16(12)11-13(17)15-9-5-4-6-10-15;1-11-4-5-13(2,3)15(11)10-12(16)14-6-8-17-9-7-14/h1,4-11H2,2-3H3;1,4-10H2,2-3H3. The fourth-order valence-corrected chi connectivity index (χ4v) is 5.37. The van der Waals surface area contributed by atoms with E-state index < -0.39 is 0 Å². The number of rotatable bonds is 4. The van der Waals surface area contributed by atoms with E-state index in [4.69, 9.17) is 4.74 Å². The molecule has 0 aromatic rings. The molecule has 2 amide bonds. The van der Waals surface area contributed by atoms with E-state index in [2.05, 4.69) is 50.7 Å². The molecule has 4 fully saturated rings. The minimum Gasteiger partial charge on any atom is -0.378 e. The second-order valence-corrected chi connectivity index (χ2v) is 11.4. The molecule has 7 nitrogen and oxygen atoms in total. The number of piperidine rings is 1. The van der Waals surface area contributed by atoms with E-state index in [1.165, 1.54) is 6.42 Å². The zero-order valence-electron chi connectivity index (χ0n) is 22.0. The monoisotopic (exact) mass is 474 g/mol. The largest absolute Gasteiger partial charge is 0.378 e. The van der Waals surface area contributed by atoms with Crippen molar-refractivity contribution in [2.24, 2.45) is 0 Å². The fraction of sp³-hybridized carbons (Fsp3) is 0.778. The lowest BCUT2D eigenvalue weighted by atomic mass is 10.0. The van der Waals surface area contributed by atoms with E-state index in [1.807, 2.05) is 9.80 Å². The highest BCUT2D eigenvalue weighted by Gasteiger charge is 2.37. The molecule has 0 radical (unpaired) electrons. The Morgan fingerprint density at radius 1 is 0.735 bits per heavy atom.